The van der Waals surface area contributed by atoms with Crippen LogP contribution in [0.15, 0.2) is 0 Å². The molecule has 0 saturated heterocycles. The molecule has 0 bridgehead atoms. The Morgan fingerprint density at radius 1 is 0.444 bits per heavy atom. The highest BCUT2D eigenvalue weighted by Crippen LogP contribution is 2.63. The lowest BCUT2D eigenvalue weighted by atomic mass is 9.88. The summed E-state index contributed by atoms with van der Waals surface area (Å²) in [4.78, 5) is 0. The van der Waals surface area contributed by atoms with Crippen LogP contribution in [0.4, 0.5) is 70.2 Å². The number of rotatable bonds is 8. The minimum atomic E-state index is -8.46. The Labute approximate surface area is 137 Å². The van der Waals surface area contributed by atoms with Gasteiger partial charge < -0.3 is 5.11 Å². The van der Waals surface area contributed by atoms with E-state index in [-0.39, 0.29) is 0 Å². The van der Waals surface area contributed by atoms with Crippen LogP contribution in [0, 0.1) is 6.92 Å². The first kappa shape index (κ1) is 25.8. The quantitative estimate of drug-likeness (QED) is 0.528. The molecule has 27 heavy (non-hydrogen) atoms. The zero-order chi connectivity index (χ0) is 22.7. The van der Waals surface area contributed by atoms with Crippen LogP contribution in [0.5, 0.6) is 0 Å². The van der Waals surface area contributed by atoms with E-state index >= 15 is 0 Å². The van der Waals surface area contributed by atoms with Crippen molar-refractivity contribution in [1.29, 1.82) is 0 Å². The summed E-state index contributed by atoms with van der Waals surface area (Å²) in [5, 5.41) is 7.79. The average molecular weight is 445 g/mol. The van der Waals surface area contributed by atoms with Gasteiger partial charge in [0.15, 0.2) is 0 Å². The van der Waals surface area contributed by atoms with E-state index in [1.54, 1.807) is 0 Å². The van der Waals surface area contributed by atoms with Gasteiger partial charge >= 0.3 is 47.4 Å². The van der Waals surface area contributed by atoms with Gasteiger partial charge in [0.25, 0.3) is 0 Å². The Balaban J connectivity index is 6.65. The Bertz CT molecular complexity index is 544. The summed E-state index contributed by atoms with van der Waals surface area (Å²) < 4.78 is 205. The monoisotopic (exact) mass is 445 g/mol. The summed E-state index contributed by atoms with van der Waals surface area (Å²) in [7, 11) is 0. The van der Waals surface area contributed by atoms with E-state index in [2.05, 4.69) is 0 Å². The van der Waals surface area contributed by atoms with Crippen LogP contribution in [-0.2, 0) is 0 Å². The SMILES string of the molecule is [CH2]C(F)(F)C(F)(F)C(F)(F)C(F)(F)C(F)(F)C(F)(F)C(F)(F)C(F)(F)CO. The fraction of sp³-hybridized carbons (Fsp3) is 0.900. The number of hydrogen-bond donors (Lipinski definition) is 1. The number of halogens is 16. The smallest absolute Gasteiger partial charge is 0.385 e. The van der Waals surface area contributed by atoms with Crippen molar-refractivity contribution in [3.63, 3.8) is 0 Å². The van der Waals surface area contributed by atoms with Crippen molar-refractivity contribution in [2.75, 3.05) is 6.61 Å². The summed E-state index contributed by atoms with van der Waals surface area (Å²) in [6.07, 6.45) is 0. The lowest BCUT2D eigenvalue weighted by molar-refractivity contribution is -0.451. The predicted molar refractivity (Wildman–Crippen MR) is 52.0 cm³/mol. The highest BCUT2D eigenvalue weighted by atomic mass is 19.4. The topological polar surface area (TPSA) is 20.2 Å². The molecule has 0 unspecified atom stereocenters. The van der Waals surface area contributed by atoms with Gasteiger partial charge in [0, 0.05) is 6.92 Å². The minimum absolute atomic E-state index is 0.937. The van der Waals surface area contributed by atoms with Crippen molar-refractivity contribution < 1.29 is 75.4 Å². The third kappa shape index (κ3) is 3.08. The van der Waals surface area contributed by atoms with E-state index in [0.29, 0.717) is 0 Å². The van der Waals surface area contributed by atoms with Gasteiger partial charge in [-0.3, -0.25) is 0 Å². The van der Waals surface area contributed by atoms with Crippen LogP contribution in [0.1, 0.15) is 0 Å². The Hall–Kier alpha value is -1.16. The summed E-state index contributed by atoms with van der Waals surface area (Å²) in [5.74, 6) is -61.9. The molecule has 0 aromatic rings. The number of aliphatic hydroxyl groups is 1. The van der Waals surface area contributed by atoms with Crippen LogP contribution >= 0.6 is 0 Å². The molecule has 0 aromatic carbocycles. The van der Waals surface area contributed by atoms with Crippen molar-refractivity contribution in [2.24, 2.45) is 0 Å². The molecule has 0 spiro atoms. The van der Waals surface area contributed by atoms with Crippen molar-refractivity contribution >= 4 is 0 Å². The first-order chi connectivity index (χ1) is 11.3. The first-order valence-electron chi connectivity index (χ1n) is 5.80. The van der Waals surface area contributed by atoms with E-state index in [1.807, 2.05) is 0 Å². The van der Waals surface area contributed by atoms with Gasteiger partial charge in [-0.25, -0.2) is 0 Å². The molecule has 1 nitrogen and oxygen atoms in total. The molecule has 0 aliphatic heterocycles. The summed E-state index contributed by atoms with van der Waals surface area (Å²) in [6.45, 7) is -2.46. The fourth-order valence-corrected chi connectivity index (χ4v) is 1.35. The maximum absolute atomic E-state index is 13.1. The van der Waals surface area contributed by atoms with Crippen molar-refractivity contribution in [3.8, 4) is 0 Å². The lowest BCUT2D eigenvalue weighted by Gasteiger charge is -2.43. The van der Waals surface area contributed by atoms with Gasteiger partial charge in [-0.1, -0.05) is 0 Å². The molecule has 0 heterocycles. The minimum Gasteiger partial charge on any atom is -0.390 e. The fourth-order valence-electron chi connectivity index (χ4n) is 1.35. The number of alkyl halides is 16. The molecule has 17 heteroatoms. The molecular formula is C10H5F16O. The van der Waals surface area contributed by atoms with Gasteiger partial charge in [-0.15, -0.1) is 0 Å². The van der Waals surface area contributed by atoms with Gasteiger partial charge in [0.2, 0.25) is 0 Å². The van der Waals surface area contributed by atoms with E-state index in [9.17, 15) is 70.2 Å². The van der Waals surface area contributed by atoms with Crippen LogP contribution in [0.3, 0.4) is 0 Å². The maximum atomic E-state index is 13.1. The standard InChI is InChI=1S/C10H5F16O/c1-3(11,12)5(15,16)7(19,20)9(23,24)10(25,26)8(21,22)6(17,18)4(13,14)2-27/h27H,1-2H2. The summed E-state index contributed by atoms with van der Waals surface area (Å²) in [6, 6.07) is 0. The van der Waals surface area contributed by atoms with Crippen LogP contribution in [-0.4, -0.2) is 59.1 Å². The van der Waals surface area contributed by atoms with Crippen LogP contribution < -0.4 is 0 Å². The third-order valence-corrected chi connectivity index (χ3v) is 3.09. The Morgan fingerprint density at radius 2 is 0.667 bits per heavy atom. The average Bonchev–Trinajstić information content (AvgIpc) is 2.44. The van der Waals surface area contributed by atoms with Crippen molar-refractivity contribution in [1.82, 2.24) is 0 Å². The van der Waals surface area contributed by atoms with Gasteiger partial charge in [0.05, 0.1) is 0 Å². The molecule has 0 amide bonds. The molecule has 0 atom stereocenters. The van der Waals surface area contributed by atoms with Crippen molar-refractivity contribution in [3.05, 3.63) is 6.92 Å². The molecule has 0 saturated carbocycles. The van der Waals surface area contributed by atoms with E-state index in [4.69, 9.17) is 5.11 Å². The number of hydrogen-bond acceptors (Lipinski definition) is 1. The predicted octanol–water partition coefficient (Wildman–Crippen LogP) is 4.90. The molecule has 0 aromatic heterocycles. The third-order valence-electron chi connectivity index (χ3n) is 3.09. The second kappa shape index (κ2) is 6.17. The normalized spacial score (nSPS) is 16.7. The Morgan fingerprint density at radius 3 is 0.889 bits per heavy atom. The second-order valence-electron chi connectivity index (χ2n) is 5.01. The second-order valence-corrected chi connectivity index (χ2v) is 5.01. The summed E-state index contributed by atoms with van der Waals surface area (Å²) in [5.41, 5.74) is 0. The molecule has 1 N–H and O–H groups in total. The molecule has 163 valence electrons. The van der Waals surface area contributed by atoms with E-state index < -0.39 is 54.0 Å². The first-order valence-corrected chi connectivity index (χ1v) is 5.80. The summed E-state index contributed by atoms with van der Waals surface area (Å²) >= 11 is 0. The van der Waals surface area contributed by atoms with Crippen molar-refractivity contribution in [2.45, 2.75) is 47.4 Å². The van der Waals surface area contributed by atoms with Crippen LogP contribution in [0.25, 0.3) is 0 Å². The Kier molecular flexibility index (Phi) is 5.90. The molecular weight excluding hydrogens is 440 g/mol. The lowest BCUT2D eigenvalue weighted by Crippen LogP contribution is -2.74. The highest BCUT2D eigenvalue weighted by molar-refractivity contribution is 5.16. The molecule has 1 radical (unpaired) electrons. The zero-order valence-corrected chi connectivity index (χ0v) is 11.9. The largest absolute Gasteiger partial charge is 0.390 e. The number of aliphatic hydroxyl groups excluding tert-OH is 1. The van der Waals surface area contributed by atoms with Gasteiger partial charge in [0.1, 0.15) is 6.61 Å². The molecule has 0 rings (SSSR count). The van der Waals surface area contributed by atoms with Gasteiger partial charge in [-0.2, -0.15) is 70.2 Å². The van der Waals surface area contributed by atoms with E-state index in [1.165, 1.54) is 0 Å². The zero-order valence-electron chi connectivity index (χ0n) is 11.9. The maximum Gasteiger partial charge on any atom is 0.385 e. The molecule has 0 aliphatic carbocycles. The van der Waals surface area contributed by atoms with Crippen LogP contribution in [0.2, 0.25) is 0 Å². The molecule has 0 aliphatic rings. The highest BCUT2D eigenvalue weighted by Gasteiger charge is 2.94. The van der Waals surface area contributed by atoms with Gasteiger partial charge in [-0.05, 0) is 0 Å². The molecule has 0 fully saturated rings. The van der Waals surface area contributed by atoms with E-state index in [0.717, 1.165) is 6.92 Å².